The maximum atomic E-state index is 7.17. The van der Waals surface area contributed by atoms with Gasteiger partial charge in [-0.3, -0.25) is 0 Å². The van der Waals surface area contributed by atoms with E-state index in [-0.39, 0.29) is 0 Å². The van der Waals surface area contributed by atoms with E-state index in [0.717, 1.165) is 6.54 Å². The molecule has 4 nitrogen and oxygen atoms in total. The summed E-state index contributed by atoms with van der Waals surface area (Å²) in [6.45, 7) is 3.03. The van der Waals surface area contributed by atoms with Gasteiger partial charge in [-0.15, -0.1) is 0 Å². The minimum Gasteiger partial charge on any atom is -0.402 e. The highest BCUT2D eigenvalue weighted by Gasteiger charge is 1.92. The quantitative estimate of drug-likeness (QED) is 0.309. The van der Waals surface area contributed by atoms with Gasteiger partial charge in [0, 0.05) is 0 Å². The molecule has 0 radical (unpaired) electrons. The van der Waals surface area contributed by atoms with Crippen LogP contribution in [0.5, 0.6) is 0 Å². The number of hydrogen-bond acceptors (Lipinski definition) is 4. The molecule has 0 saturated heterocycles. The van der Waals surface area contributed by atoms with E-state index in [2.05, 4.69) is 6.92 Å². The lowest BCUT2D eigenvalue weighted by Crippen LogP contribution is -2.07. The summed E-state index contributed by atoms with van der Waals surface area (Å²) in [5.74, 6) is 0. The van der Waals surface area contributed by atoms with Gasteiger partial charge in [0.2, 0.25) is 0 Å². The van der Waals surface area contributed by atoms with Crippen LogP contribution in [0.4, 0.5) is 0 Å². The molecule has 0 aliphatic heterocycles. The third-order valence-electron chi connectivity index (χ3n) is 0.808. The van der Waals surface area contributed by atoms with E-state index in [9.17, 15) is 0 Å². The molecule has 0 amide bonds. The van der Waals surface area contributed by atoms with Crippen molar-refractivity contribution in [2.24, 2.45) is 5.73 Å². The summed E-state index contributed by atoms with van der Waals surface area (Å²) in [6, 6.07) is 0. The summed E-state index contributed by atoms with van der Waals surface area (Å²) in [7, 11) is -2.17. The molecule has 10 heavy (non-hydrogen) atoms. The first-order valence-corrected chi connectivity index (χ1v) is 3.39. The van der Waals surface area contributed by atoms with Gasteiger partial charge < -0.3 is 20.8 Å². The van der Waals surface area contributed by atoms with Crippen LogP contribution in [0.2, 0.25) is 0 Å². The lowest BCUT2D eigenvalue weighted by molar-refractivity contribution is 0.278. The van der Waals surface area contributed by atoms with Crippen LogP contribution in [-0.2, 0) is 0 Å². The Bertz CT molecular complexity index is 47.4. The first-order valence-electron chi connectivity index (χ1n) is 3.39. The third-order valence-corrected chi connectivity index (χ3v) is 0.808. The van der Waals surface area contributed by atoms with Crippen molar-refractivity contribution in [2.45, 2.75) is 26.2 Å². The van der Waals surface area contributed by atoms with Crippen molar-refractivity contribution >= 4 is 7.32 Å². The summed E-state index contributed by atoms with van der Waals surface area (Å²) in [4.78, 5) is 0. The Morgan fingerprint density at radius 1 is 1.20 bits per heavy atom. The van der Waals surface area contributed by atoms with E-state index in [1.165, 1.54) is 19.3 Å². The predicted molar refractivity (Wildman–Crippen MR) is 41.0 cm³/mol. The van der Waals surface area contributed by atoms with Crippen LogP contribution in [0, 0.1) is 0 Å². The van der Waals surface area contributed by atoms with E-state index in [0.29, 0.717) is 0 Å². The zero-order valence-corrected chi connectivity index (χ0v) is 6.32. The number of unbranched alkanes of at least 4 members (excludes halogenated alkanes) is 2. The second kappa shape index (κ2) is 11.7. The van der Waals surface area contributed by atoms with Crippen LogP contribution in [0.3, 0.4) is 0 Å². The molecule has 62 valence electrons. The Kier molecular flexibility index (Phi) is 14.7. The Hall–Kier alpha value is -0.0951. The van der Waals surface area contributed by atoms with E-state index >= 15 is 0 Å². The molecule has 0 aromatic heterocycles. The van der Waals surface area contributed by atoms with Crippen molar-refractivity contribution in [3.63, 3.8) is 0 Å². The van der Waals surface area contributed by atoms with Crippen LogP contribution in [0.1, 0.15) is 26.2 Å². The predicted octanol–water partition coefficient (Wildman–Crippen LogP) is -0.916. The van der Waals surface area contributed by atoms with Gasteiger partial charge in [0.15, 0.2) is 0 Å². The van der Waals surface area contributed by atoms with E-state index in [4.69, 9.17) is 20.8 Å². The first kappa shape index (κ1) is 12.6. The second-order valence-electron chi connectivity index (χ2n) is 1.84. The maximum absolute atomic E-state index is 7.17. The average Bonchev–Trinajstić information content (AvgIpc) is 1.82. The summed E-state index contributed by atoms with van der Waals surface area (Å²) >= 11 is 0. The van der Waals surface area contributed by atoms with Crippen LogP contribution in [0.25, 0.3) is 0 Å². The fourth-order valence-electron chi connectivity index (χ4n) is 0.394. The molecule has 5 heteroatoms. The fourth-order valence-corrected chi connectivity index (χ4v) is 0.394. The van der Waals surface area contributed by atoms with E-state index in [1.54, 1.807) is 0 Å². The van der Waals surface area contributed by atoms with Gasteiger partial charge in [-0.05, 0) is 13.0 Å². The minimum atomic E-state index is -2.17. The van der Waals surface area contributed by atoms with Crippen molar-refractivity contribution in [3.05, 3.63) is 0 Å². The average molecular weight is 149 g/mol. The van der Waals surface area contributed by atoms with Gasteiger partial charge in [-0.1, -0.05) is 19.8 Å². The summed E-state index contributed by atoms with van der Waals surface area (Å²) < 4.78 is 0. The first-order chi connectivity index (χ1) is 4.65. The largest absolute Gasteiger partial charge is 0.631 e. The van der Waals surface area contributed by atoms with Crippen LogP contribution in [0.15, 0.2) is 0 Å². The van der Waals surface area contributed by atoms with Gasteiger partial charge in [-0.25, -0.2) is 0 Å². The molecule has 5 N–H and O–H groups in total. The molecule has 0 unspecified atom stereocenters. The fraction of sp³-hybridized carbons (Fsp3) is 1.00. The third kappa shape index (κ3) is 44.7. The molecule has 0 aliphatic carbocycles. The highest BCUT2D eigenvalue weighted by atomic mass is 16.5. The second-order valence-corrected chi connectivity index (χ2v) is 1.84. The molecule has 0 heterocycles. The Morgan fingerprint density at radius 2 is 1.60 bits per heavy atom. The summed E-state index contributed by atoms with van der Waals surface area (Å²) in [5.41, 5.74) is 5.21. The van der Waals surface area contributed by atoms with Crippen molar-refractivity contribution in [1.29, 1.82) is 0 Å². The van der Waals surface area contributed by atoms with Crippen LogP contribution >= 0.6 is 0 Å². The molecule has 0 saturated carbocycles. The zero-order chi connectivity index (χ0) is 8.41. The van der Waals surface area contributed by atoms with Crippen LogP contribution < -0.4 is 5.73 Å². The summed E-state index contributed by atoms with van der Waals surface area (Å²) in [6.07, 6.45) is 3.75. The normalized spacial score (nSPS) is 8.10. The smallest absolute Gasteiger partial charge is 0.402 e. The monoisotopic (exact) mass is 149 g/mol. The van der Waals surface area contributed by atoms with Crippen molar-refractivity contribution in [3.8, 4) is 0 Å². The maximum Gasteiger partial charge on any atom is 0.631 e. The molecule has 0 atom stereocenters. The highest BCUT2D eigenvalue weighted by Crippen LogP contribution is 1.88. The Labute approximate surface area is 61.9 Å². The van der Waals surface area contributed by atoms with Gasteiger partial charge in [0.05, 0.1) is 0 Å². The Morgan fingerprint density at radius 3 is 1.70 bits per heavy atom. The summed E-state index contributed by atoms with van der Waals surface area (Å²) in [5, 5.41) is 21.5. The lowest BCUT2D eigenvalue weighted by Gasteiger charge is -1.86. The van der Waals surface area contributed by atoms with Crippen molar-refractivity contribution < 1.29 is 15.1 Å². The van der Waals surface area contributed by atoms with Crippen LogP contribution in [-0.4, -0.2) is 28.9 Å². The lowest BCUT2D eigenvalue weighted by atomic mass is 10.3. The minimum absolute atomic E-state index is 0.855. The molecule has 0 aromatic carbocycles. The van der Waals surface area contributed by atoms with E-state index in [1.807, 2.05) is 0 Å². The van der Waals surface area contributed by atoms with Crippen molar-refractivity contribution in [2.75, 3.05) is 6.54 Å². The molecule has 0 aromatic rings. The van der Waals surface area contributed by atoms with Gasteiger partial charge in [0.25, 0.3) is 0 Å². The van der Waals surface area contributed by atoms with E-state index < -0.39 is 7.32 Å². The SMILES string of the molecule is CCCCCN.OB(O)O. The topological polar surface area (TPSA) is 86.7 Å². The zero-order valence-electron chi connectivity index (χ0n) is 6.32. The number of rotatable bonds is 3. The molecular formula is C5H16BNO3. The van der Waals surface area contributed by atoms with Gasteiger partial charge in [0.1, 0.15) is 0 Å². The molecular weight excluding hydrogens is 133 g/mol. The molecule has 0 rings (SSSR count). The standard InChI is InChI=1S/C5H13N.BH3O3/c1-2-3-4-5-6;2-1(3)4/h2-6H2,1H3;2-4H. The van der Waals surface area contributed by atoms with Gasteiger partial charge in [-0.2, -0.15) is 0 Å². The number of nitrogens with two attached hydrogens (primary N) is 1. The molecule has 0 aliphatic rings. The highest BCUT2D eigenvalue weighted by molar-refractivity contribution is 6.30. The molecule has 0 bridgehead atoms. The van der Waals surface area contributed by atoms with Gasteiger partial charge >= 0.3 is 7.32 Å². The molecule has 0 spiro atoms. The van der Waals surface area contributed by atoms with Crippen molar-refractivity contribution in [1.82, 2.24) is 0 Å². The number of hydrogen-bond donors (Lipinski definition) is 4. The molecule has 0 fully saturated rings. The Balaban J connectivity index is 0.